The van der Waals surface area contributed by atoms with Gasteiger partial charge in [-0.1, -0.05) is 18.2 Å². The number of anilines is 2. The Morgan fingerprint density at radius 2 is 1.61 bits per heavy atom. The van der Waals surface area contributed by atoms with Gasteiger partial charge in [-0.05, 0) is 76.2 Å². The van der Waals surface area contributed by atoms with E-state index in [-0.39, 0.29) is 0 Å². The van der Waals surface area contributed by atoms with Gasteiger partial charge in [0, 0.05) is 10.1 Å². The lowest BCUT2D eigenvalue weighted by atomic mass is 10.2. The average molecular weight is 490 g/mol. The topological polar surface area (TPSA) is 65.7 Å². The molecule has 0 bridgehead atoms. The Labute approximate surface area is 178 Å². The van der Waals surface area contributed by atoms with E-state index in [0.717, 1.165) is 31.8 Å². The van der Waals surface area contributed by atoms with Crippen molar-refractivity contribution in [3.63, 3.8) is 0 Å². The number of nitrogens with two attached hydrogens (primary N) is 1. The second-order valence-electron chi connectivity index (χ2n) is 6.21. The zero-order valence-corrected chi connectivity index (χ0v) is 18.0. The zero-order chi connectivity index (χ0) is 19.9. The third kappa shape index (κ3) is 5.22. The molecule has 6 heteroatoms. The molecule has 0 aliphatic carbocycles. The SMILES string of the molecule is COc1ccc(COc2ccc(CNc3ccc(I)cc3N)cc2OC)cc1. The number of halogens is 1. The van der Waals surface area contributed by atoms with E-state index in [1.54, 1.807) is 14.2 Å². The summed E-state index contributed by atoms with van der Waals surface area (Å²) < 4.78 is 17.7. The van der Waals surface area contributed by atoms with Gasteiger partial charge in [-0.15, -0.1) is 0 Å². The van der Waals surface area contributed by atoms with Crippen molar-refractivity contribution in [3.8, 4) is 17.2 Å². The molecule has 3 aromatic carbocycles. The molecule has 5 nitrogen and oxygen atoms in total. The quantitative estimate of drug-likeness (QED) is 0.341. The second kappa shape index (κ2) is 9.54. The summed E-state index contributed by atoms with van der Waals surface area (Å²) in [5, 5.41) is 3.36. The van der Waals surface area contributed by atoms with Gasteiger partial charge in [-0.3, -0.25) is 0 Å². The van der Waals surface area contributed by atoms with Crippen LogP contribution in [0.2, 0.25) is 0 Å². The van der Waals surface area contributed by atoms with Crippen LogP contribution >= 0.6 is 22.6 Å². The van der Waals surface area contributed by atoms with Crippen LogP contribution in [-0.2, 0) is 13.2 Å². The van der Waals surface area contributed by atoms with Gasteiger partial charge in [0.2, 0.25) is 0 Å². The highest BCUT2D eigenvalue weighted by Gasteiger charge is 2.07. The number of nitrogen functional groups attached to an aromatic ring is 1. The van der Waals surface area contributed by atoms with E-state index < -0.39 is 0 Å². The minimum atomic E-state index is 0.455. The van der Waals surface area contributed by atoms with Crippen LogP contribution < -0.4 is 25.3 Å². The van der Waals surface area contributed by atoms with Crippen LogP contribution in [0.4, 0.5) is 11.4 Å². The fourth-order valence-corrected chi connectivity index (χ4v) is 3.23. The minimum Gasteiger partial charge on any atom is -0.497 e. The Morgan fingerprint density at radius 1 is 0.857 bits per heavy atom. The second-order valence-corrected chi connectivity index (χ2v) is 7.45. The fourth-order valence-electron chi connectivity index (χ4n) is 2.72. The summed E-state index contributed by atoms with van der Waals surface area (Å²) in [5.41, 5.74) is 9.84. The maximum atomic E-state index is 6.06. The van der Waals surface area contributed by atoms with Gasteiger partial charge in [0.05, 0.1) is 25.6 Å². The summed E-state index contributed by atoms with van der Waals surface area (Å²) in [6.45, 7) is 1.09. The van der Waals surface area contributed by atoms with Crippen LogP contribution in [0.25, 0.3) is 0 Å². The van der Waals surface area contributed by atoms with Crippen molar-refractivity contribution in [1.29, 1.82) is 0 Å². The fraction of sp³-hybridized carbons (Fsp3) is 0.182. The van der Waals surface area contributed by atoms with Gasteiger partial charge in [-0.2, -0.15) is 0 Å². The lowest BCUT2D eigenvalue weighted by molar-refractivity contribution is 0.284. The third-order valence-electron chi connectivity index (χ3n) is 4.28. The number of hydrogen-bond acceptors (Lipinski definition) is 5. The molecule has 0 aliphatic rings. The number of hydrogen-bond donors (Lipinski definition) is 2. The van der Waals surface area contributed by atoms with Gasteiger partial charge in [0.25, 0.3) is 0 Å². The van der Waals surface area contributed by atoms with Gasteiger partial charge in [-0.25, -0.2) is 0 Å². The Morgan fingerprint density at radius 3 is 2.29 bits per heavy atom. The van der Waals surface area contributed by atoms with Crippen LogP contribution in [0.1, 0.15) is 11.1 Å². The van der Waals surface area contributed by atoms with Gasteiger partial charge in [0.1, 0.15) is 12.4 Å². The molecule has 0 aromatic heterocycles. The molecule has 28 heavy (non-hydrogen) atoms. The lowest BCUT2D eigenvalue weighted by Gasteiger charge is -2.14. The third-order valence-corrected chi connectivity index (χ3v) is 4.95. The van der Waals surface area contributed by atoms with E-state index in [1.165, 1.54) is 0 Å². The zero-order valence-electron chi connectivity index (χ0n) is 15.9. The molecule has 146 valence electrons. The minimum absolute atomic E-state index is 0.455. The van der Waals surface area contributed by atoms with Gasteiger partial charge < -0.3 is 25.3 Å². The normalized spacial score (nSPS) is 10.4. The standard InChI is InChI=1S/C22H23IN2O3/c1-26-18-7-3-15(4-8-18)14-28-21-10-5-16(11-22(21)27-2)13-25-20-9-6-17(23)12-19(20)24/h3-12,25H,13-14,24H2,1-2H3. The Bertz CT molecular complexity index is 930. The molecule has 0 amide bonds. The molecule has 0 aliphatic heterocycles. The summed E-state index contributed by atoms with van der Waals surface area (Å²) in [4.78, 5) is 0. The first-order valence-electron chi connectivity index (χ1n) is 8.80. The Balaban J connectivity index is 1.64. The van der Waals surface area contributed by atoms with E-state index in [0.29, 0.717) is 24.7 Å². The molecule has 0 saturated heterocycles. The Hall–Kier alpha value is -2.61. The van der Waals surface area contributed by atoms with Crippen LogP contribution in [0, 0.1) is 3.57 Å². The molecule has 0 atom stereocenters. The monoisotopic (exact) mass is 490 g/mol. The Kier molecular flexibility index (Phi) is 6.86. The van der Waals surface area contributed by atoms with E-state index in [1.807, 2.05) is 60.7 Å². The number of benzene rings is 3. The van der Waals surface area contributed by atoms with Crippen molar-refractivity contribution in [1.82, 2.24) is 0 Å². The van der Waals surface area contributed by atoms with Crippen molar-refractivity contribution in [2.75, 3.05) is 25.3 Å². The van der Waals surface area contributed by atoms with Gasteiger partial charge >= 0.3 is 0 Å². The summed E-state index contributed by atoms with van der Waals surface area (Å²) in [5.74, 6) is 2.23. The van der Waals surface area contributed by atoms with Crippen LogP contribution in [-0.4, -0.2) is 14.2 Å². The molecule has 0 spiro atoms. The lowest BCUT2D eigenvalue weighted by Crippen LogP contribution is -2.04. The summed E-state index contributed by atoms with van der Waals surface area (Å²) in [7, 11) is 3.30. The molecular formula is C22H23IN2O3. The van der Waals surface area contributed by atoms with E-state index in [9.17, 15) is 0 Å². The number of ether oxygens (including phenoxy) is 3. The van der Waals surface area contributed by atoms with E-state index in [4.69, 9.17) is 19.9 Å². The maximum absolute atomic E-state index is 6.06. The highest BCUT2D eigenvalue weighted by Crippen LogP contribution is 2.30. The molecule has 0 fully saturated rings. The predicted octanol–water partition coefficient (Wildman–Crippen LogP) is 5.08. The first-order valence-corrected chi connectivity index (χ1v) is 9.88. The van der Waals surface area contributed by atoms with E-state index >= 15 is 0 Å². The smallest absolute Gasteiger partial charge is 0.161 e. The number of methoxy groups -OCH3 is 2. The van der Waals surface area contributed by atoms with Crippen LogP contribution in [0.5, 0.6) is 17.2 Å². The van der Waals surface area contributed by atoms with E-state index in [2.05, 4.69) is 27.9 Å². The summed E-state index contributed by atoms with van der Waals surface area (Å²) in [6.07, 6.45) is 0. The van der Waals surface area contributed by atoms with Crippen molar-refractivity contribution >= 4 is 34.0 Å². The molecule has 0 radical (unpaired) electrons. The largest absolute Gasteiger partial charge is 0.497 e. The number of nitrogens with one attached hydrogen (secondary N) is 1. The molecule has 0 unspecified atom stereocenters. The predicted molar refractivity (Wildman–Crippen MR) is 121 cm³/mol. The van der Waals surface area contributed by atoms with Crippen LogP contribution in [0.3, 0.4) is 0 Å². The molecule has 3 aromatic rings. The van der Waals surface area contributed by atoms with Crippen molar-refractivity contribution in [2.45, 2.75) is 13.2 Å². The number of rotatable bonds is 8. The highest BCUT2D eigenvalue weighted by molar-refractivity contribution is 14.1. The molecule has 3 rings (SSSR count). The molecule has 0 heterocycles. The van der Waals surface area contributed by atoms with Crippen molar-refractivity contribution < 1.29 is 14.2 Å². The average Bonchev–Trinajstić information content (AvgIpc) is 2.72. The highest BCUT2D eigenvalue weighted by atomic mass is 127. The van der Waals surface area contributed by atoms with Gasteiger partial charge in [0.15, 0.2) is 11.5 Å². The molecule has 0 saturated carbocycles. The van der Waals surface area contributed by atoms with Crippen LogP contribution in [0.15, 0.2) is 60.7 Å². The molecular weight excluding hydrogens is 467 g/mol. The summed E-state index contributed by atoms with van der Waals surface area (Å²) >= 11 is 2.25. The first kappa shape index (κ1) is 20.1. The maximum Gasteiger partial charge on any atom is 0.161 e. The summed E-state index contributed by atoms with van der Waals surface area (Å²) in [6, 6.07) is 19.7. The van der Waals surface area contributed by atoms with Crippen molar-refractivity contribution in [2.24, 2.45) is 0 Å². The van der Waals surface area contributed by atoms with Crippen molar-refractivity contribution in [3.05, 3.63) is 75.4 Å². The first-order chi connectivity index (χ1) is 13.6. The molecule has 3 N–H and O–H groups in total.